The highest BCUT2D eigenvalue weighted by Gasteiger charge is 2.06. The smallest absolute Gasteiger partial charge is 0.0437 e. The molecule has 0 N–H and O–H groups in total. The molecule has 0 aliphatic heterocycles. The molecule has 2 aromatic rings. The van der Waals surface area contributed by atoms with Crippen LogP contribution in [0.15, 0.2) is 48.9 Å². The zero-order chi connectivity index (χ0) is 10.5. The normalized spacial score (nSPS) is 12.3. The fourth-order valence-corrected chi connectivity index (χ4v) is 1.53. The quantitative estimate of drug-likeness (QED) is 0.756. The Morgan fingerprint density at radius 2 is 1.87 bits per heavy atom. The zero-order valence-corrected chi connectivity index (χ0v) is 8.50. The molecule has 2 heteroatoms. The van der Waals surface area contributed by atoms with Gasteiger partial charge < -0.3 is 0 Å². The van der Waals surface area contributed by atoms with E-state index in [1.54, 1.807) is 18.6 Å². The minimum atomic E-state index is 0.202. The lowest BCUT2D eigenvalue weighted by Gasteiger charge is -2.09. The number of aromatic nitrogens is 2. The van der Waals surface area contributed by atoms with Crippen LogP contribution in [0.2, 0.25) is 0 Å². The number of hydrogen-bond acceptors (Lipinski definition) is 2. The van der Waals surface area contributed by atoms with Crippen LogP contribution in [0.1, 0.15) is 17.2 Å². The van der Waals surface area contributed by atoms with Crippen molar-refractivity contribution in [2.45, 2.75) is 12.3 Å². The topological polar surface area (TPSA) is 25.8 Å². The Morgan fingerprint density at radius 1 is 1.07 bits per heavy atom. The molecule has 2 nitrogen and oxygen atoms in total. The van der Waals surface area contributed by atoms with Crippen molar-refractivity contribution >= 4 is 0 Å². The first-order chi connectivity index (χ1) is 7.36. The SMILES string of the molecule is [CH2]C(Cc1ccncc1)c1ccccn1. The first kappa shape index (κ1) is 9.84. The highest BCUT2D eigenvalue weighted by atomic mass is 14.7. The van der Waals surface area contributed by atoms with E-state index in [-0.39, 0.29) is 5.92 Å². The van der Waals surface area contributed by atoms with Crippen molar-refractivity contribution in [1.82, 2.24) is 9.97 Å². The summed E-state index contributed by atoms with van der Waals surface area (Å²) in [6, 6.07) is 9.96. The number of rotatable bonds is 3. The Balaban J connectivity index is 2.08. The van der Waals surface area contributed by atoms with Crippen LogP contribution in [-0.4, -0.2) is 9.97 Å². The molecule has 2 aromatic heterocycles. The molecule has 0 amide bonds. The Bertz CT molecular complexity index is 397. The Labute approximate surface area is 90.0 Å². The van der Waals surface area contributed by atoms with Gasteiger partial charge in [0, 0.05) is 30.2 Å². The van der Waals surface area contributed by atoms with Gasteiger partial charge in [-0.2, -0.15) is 0 Å². The van der Waals surface area contributed by atoms with E-state index >= 15 is 0 Å². The van der Waals surface area contributed by atoms with Gasteiger partial charge in [-0.25, -0.2) is 0 Å². The van der Waals surface area contributed by atoms with Gasteiger partial charge in [-0.1, -0.05) is 6.07 Å². The summed E-state index contributed by atoms with van der Waals surface area (Å²) in [5.41, 5.74) is 2.28. The molecule has 1 atom stereocenters. The Morgan fingerprint density at radius 3 is 2.53 bits per heavy atom. The van der Waals surface area contributed by atoms with Gasteiger partial charge in [-0.3, -0.25) is 9.97 Å². The van der Waals surface area contributed by atoms with E-state index in [1.165, 1.54) is 5.56 Å². The maximum absolute atomic E-state index is 4.30. The lowest BCUT2D eigenvalue weighted by molar-refractivity contribution is 0.796. The molecule has 0 bridgehead atoms. The molecule has 1 radical (unpaired) electrons. The van der Waals surface area contributed by atoms with Crippen molar-refractivity contribution in [2.75, 3.05) is 0 Å². The summed E-state index contributed by atoms with van der Waals surface area (Å²) in [4.78, 5) is 8.29. The molecular weight excluding hydrogens is 184 g/mol. The van der Waals surface area contributed by atoms with Gasteiger partial charge in [0.15, 0.2) is 0 Å². The van der Waals surface area contributed by atoms with E-state index in [4.69, 9.17) is 0 Å². The minimum Gasteiger partial charge on any atom is -0.265 e. The highest BCUT2D eigenvalue weighted by molar-refractivity contribution is 5.18. The predicted molar refractivity (Wildman–Crippen MR) is 60.3 cm³/mol. The summed E-state index contributed by atoms with van der Waals surface area (Å²) in [5, 5.41) is 0. The summed E-state index contributed by atoms with van der Waals surface area (Å²) < 4.78 is 0. The second kappa shape index (κ2) is 4.69. The fourth-order valence-electron chi connectivity index (χ4n) is 1.53. The van der Waals surface area contributed by atoms with Crippen molar-refractivity contribution < 1.29 is 0 Å². The molecule has 0 aromatic carbocycles. The van der Waals surface area contributed by atoms with Crippen molar-refractivity contribution in [3.63, 3.8) is 0 Å². The van der Waals surface area contributed by atoms with Crippen molar-refractivity contribution in [3.8, 4) is 0 Å². The minimum absolute atomic E-state index is 0.202. The molecule has 1 unspecified atom stereocenters. The van der Waals surface area contributed by atoms with Gasteiger partial charge in [0.25, 0.3) is 0 Å². The first-order valence-corrected chi connectivity index (χ1v) is 4.99. The summed E-state index contributed by atoms with van der Waals surface area (Å²) in [7, 11) is 0. The molecule has 0 aliphatic carbocycles. The Kier molecular flexibility index (Phi) is 3.08. The number of hydrogen-bond donors (Lipinski definition) is 0. The summed E-state index contributed by atoms with van der Waals surface area (Å²) in [6.07, 6.45) is 6.32. The van der Waals surface area contributed by atoms with Crippen LogP contribution in [0.4, 0.5) is 0 Å². The van der Waals surface area contributed by atoms with Crippen LogP contribution >= 0.6 is 0 Å². The van der Waals surface area contributed by atoms with Gasteiger partial charge in [-0.05, 0) is 43.2 Å². The molecule has 2 heterocycles. The maximum atomic E-state index is 4.30. The van der Waals surface area contributed by atoms with Crippen molar-refractivity contribution in [1.29, 1.82) is 0 Å². The van der Waals surface area contributed by atoms with E-state index in [9.17, 15) is 0 Å². The van der Waals surface area contributed by atoms with Gasteiger partial charge in [0.2, 0.25) is 0 Å². The zero-order valence-electron chi connectivity index (χ0n) is 8.50. The van der Waals surface area contributed by atoms with E-state index in [0.29, 0.717) is 0 Å². The second-order valence-electron chi connectivity index (χ2n) is 3.51. The van der Waals surface area contributed by atoms with Crippen LogP contribution in [-0.2, 0) is 6.42 Å². The van der Waals surface area contributed by atoms with Crippen LogP contribution in [0.25, 0.3) is 0 Å². The van der Waals surface area contributed by atoms with Gasteiger partial charge in [-0.15, -0.1) is 0 Å². The molecule has 0 saturated carbocycles. The van der Waals surface area contributed by atoms with Gasteiger partial charge in [0.05, 0.1) is 0 Å². The van der Waals surface area contributed by atoms with E-state index in [2.05, 4.69) is 16.9 Å². The fraction of sp³-hybridized carbons (Fsp3) is 0.154. The molecule has 0 aliphatic rings. The van der Waals surface area contributed by atoms with Crippen molar-refractivity contribution in [3.05, 3.63) is 67.1 Å². The molecule has 2 rings (SSSR count). The second-order valence-corrected chi connectivity index (χ2v) is 3.51. The van der Waals surface area contributed by atoms with E-state index < -0.39 is 0 Å². The molecular formula is C13H13N2. The number of pyridine rings is 2. The summed E-state index contributed by atoms with van der Waals surface area (Å²) >= 11 is 0. The predicted octanol–water partition coefficient (Wildman–Crippen LogP) is 2.64. The third-order valence-electron chi connectivity index (χ3n) is 2.34. The third kappa shape index (κ3) is 2.62. The van der Waals surface area contributed by atoms with Crippen molar-refractivity contribution in [2.24, 2.45) is 0 Å². The van der Waals surface area contributed by atoms with Crippen LogP contribution in [0.3, 0.4) is 0 Å². The lowest BCUT2D eigenvalue weighted by Crippen LogP contribution is -2.00. The van der Waals surface area contributed by atoms with Gasteiger partial charge >= 0.3 is 0 Å². The van der Waals surface area contributed by atoms with Gasteiger partial charge in [0.1, 0.15) is 0 Å². The monoisotopic (exact) mass is 197 g/mol. The molecule has 0 spiro atoms. The Hall–Kier alpha value is -1.70. The third-order valence-corrected chi connectivity index (χ3v) is 2.34. The average molecular weight is 197 g/mol. The van der Waals surface area contributed by atoms with E-state index in [0.717, 1.165) is 12.1 Å². The lowest BCUT2D eigenvalue weighted by atomic mass is 9.98. The number of nitrogens with zero attached hydrogens (tertiary/aromatic N) is 2. The standard InChI is InChI=1S/C13H13N2/c1-11(13-4-2-3-7-15-13)10-12-5-8-14-9-6-12/h2-9,11H,1,10H2. The summed E-state index contributed by atoms with van der Waals surface area (Å²) in [6.45, 7) is 4.12. The van der Waals surface area contributed by atoms with Crippen LogP contribution in [0, 0.1) is 6.92 Å². The first-order valence-electron chi connectivity index (χ1n) is 4.99. The van der Waals surface area contributed by atoms with Crippen LogP contribution in [0.5, 0.6) is 0 Å². The molecule has 75 valence electrons. The van der Waals surface area contributed by atoms with Crippen LogP contribution < -0.4 is 0 Å². The molecule has 0 saturated heterocycles. The summed E-state index contributed by atoms with van der Waals surface area (Å²) in [5.74, 6) is 0.202. The molecule has 0 fully saturated rings. The highest BCUT2D eigenvalue weighted by Crippen LogP contribution is 2.16. The maximum Gasteiger partial charge on any atom is 0.0437 e. The average Bonchev–Trinajstić information content (AvgIpc) is 2.31. The van der Waals surface area contributed by atoms with E-state index in [1.807, 2.05) is 30.3 Å². The largest absolute Gasteiger partial charge is 0.265 e. The molecule has 15 heavy (non-hydrogen) atoms.